The summed E-state index contributed by atoms with van der Waals surface area (Å²) in [6.45, 7) is 6.18. The Hall–Kier alpha value is -1.64. The molecule has 3 amide bonds. The molecule has 2 saturated heterocycles. The van der Waals surface area contributed by atoms with Crippen molar-refractivity contribution < 1.29 is 14.3 Å². The van der Waals surface area contributed by atoms with Crippen molar-refractivity contribution in [3.8, 4) is 0 Å². The highest BCUT2D eigenvalue weighted by Crippen LogP contribution is 2.25. The molecule has 138 valence electrons. The number of carbonyl (C=O) groups is 2. The van der Waals surface area contributed by atoms with Crippen LogP contribution in [0, 0.1) is 5.92 Å². The van der Waals surface area contributed by atoms with E-state index in [2.05, 4.69) is 10.2 Å². The number of likely N-dealkylation sites (tertiary alicyclic amines) is 1. The standard InChI is InChI=1S/C17H26N4O3S/c18-17(23)19-14(15-2-1-9-25-15)10-16(22)21-4-3-13(12-21)11-20-5-7-24-8-6-20/h1-2,9,13-14H,3-8,10-12H2,(H3,18,19,23). The zero-order valence-electron chi connectivity index (χ0n) is 14.4. The minimum Gasteiger partial charge on any atom is -0.379 e. The first kappa shape index (κ1) is 18.2. The van der Waals surface area contributed by atoms with Gasteiger partial charge < -0.3 is 20.7 Å². The summed E-state index contributed by atoms with van der Waals surface area (Å²) in [7, 11) is 0. The van der Waals surface area contributed by atoms with E-state index in [4.69, 9.17) is 10.5 Å². The van der Waals surface area contributed by atoms with Crippen LogP contribution in [0.1, 0.15) is 23.8 Å². The van der Waals surface area contributed by atoms with Crippen molar-refractivity contribution in [3.63, 3.8) is 0 Å². The zero-order valence-corrected chi connectivity index (χ0v) is 15.2. The van der Waals surface area contributed by atoms with Crippen molar-refractivity contribution in [2.24, 2.45) is 11.7 Å². The van der Waals surface area contributed by atoms with E-state index in [9.17, 15) is 9.59 Å². The number of nitrogens with zero attached hydrogens (tertiary/aromatic N) is 2. The molecule has 0 saturated carbocycles. The van der Waals surface area contributed by atoms with Gasteiger partial charge in [-0.2, -0.15) is 0 Å². The first-order chi connectivity index (χ1) is 12.1. The van der Waals surface area contributed by atoms with Gasteiger partial charge >= 0.3 is 6.03 Å². The van der Waals surface area contributed by atoms with Crippen LogP contribution in [0.5, 0.6) is 0 Å². The Morgan fingerprint density at radius 3 is 2.84 bits per heavy atom. The van der Waals surface area contributed by atoms with Gasteiger partial charge in [0.25, 0.3) is 0 Å². The van der Waals surface area contributed by atoms with Gasteiger partial charge in [-0.3, -0.25) is 9.69 Å². The Morgan fingerprint density at radius 2 is 2.16 bits per heavy atom. The third kappa shape index (κ3) is 5.17. The number of nitrogens with one attached hydrogen (secondary N) is 1. The SMILES string of the molecule is NC(=O)NC(CC(=O)N1CCC(CN2CCOCC2)C1)c1cccs1. The van der Waals surface area contributed by atoms with E-state index in [0.29, 0.717) is 5.92 Å². The molecule has 2 aliphatic heterocycles. The van der Waals surface area contributed by atoms with Gasteiger partial charge in [-0.25, -0.2) is 4.79 Å². The number of nitrogens with two attached hydrogens (primary N) is 1. The van der Waals surface area contributed by atoms with Gasteiger partial charge in [0.2, 0.25) is 5.91 Å². The Bertz CT molecular complexity index is 574. The first-order valence-corrected chi connectivity index (χ1v) is 9.67. The highest BCUT2D eigenvalue weighted by atomic mass is 32.1. The molecule has 3 rings (SSSR count). The van der Waals surface area contributed by atoms with Crippen LogP contribution in [0.15, 0.2) is 17.5 Å². The minimum absolute atomic E-state index is 0.0802. The number of thiophene rings is 1. The average Bonchev–Trinajstić information content (AvgIpc) is 3.26. The molecule has 2 aliphatic rings. The maximum atomic E-state index is 12.7. The van der Waals surface area contributed by atoms with E-state index in [0.717, 1.165) is 57.2 Å². The van der Waals surface area contributed by atoms with Crippen LogP contribution in [0.25, 0.3) is 0 Å². The molecule has 3 heterocycles. The highest BCUT2D eigenvalue weighted by molar-refractivity contribution is 7.10. The lowest BCUT2D eigenvalue weighted by molar-refractivity contribution is -0.130. The Balaban J connectivity index is 1.51. The van der Waals surface area contributed by atoms with Crippen LogP contribution in [0.4, 0.5) is 4.79 Å². The second-order valence-corrected chi connectivity index (χ2v) is 7.67. The number of amides is 3. The van der Waals surface area contributed by atoms with Gasteiger partial charge in [0.15, 0.2) is 0 Å². The third-order valence-electron chi connectivity index (χ3n) is 4.84. The molecule has 8 heteroatoms. The molecule has 1 aromatic heterocycles. The molecule has 0 aliphatic carbocycles. The molecule has 2 atom stereocenters. The molecular formula is C17H26N4O3S. The Morgan fingerprint density at radius 1 is 1.36 bits per heavy atom. The predicted molar refractivity (Wildman–Crippen MR) is 96.3 cm³/mol. The summed E-state index contributed by atoms with van der Waals surface area (Å²) in [6.07, 6.45) is 1.30. The van der Waals surface area contributed by atoms with Crippen molar-refractivity contribution in [1.29, 1.82) is 0 Å². The van der Waals surface area contributed by atoms with E-state index in [1.807, 2.05) is 22.4 Å². The molecule has 0 aromatic carbocycles. The van der Waals surface area contributed by atoms with Crippen LogP contribution in [0.3, 0.4) is 0 Å². The molecule has 7 nitrogen and oxygen atoms in total. The zero-order chi connectivity index (χ0) is 17.6. The summed E-state index contributed by atoms with van der Waals surface area (Å²) in [5.74, 6) is 0.600. The fourth-order valence-electron chi connectivity index (χ4n) is 3.54. The lowest BCUT2D eigenvalue weighted by atomic mass is 10.1. The van der Waals surface area contributed by atoms with Crippen molar-refractivity contribution in [2.45, 2.75) is 18.9 Å². The summed E-state index contributed by atoms with van der Waals surface area (Å²) in [6, 6.07) is 2.89. The maximum Gasteiger partial charge on any atom is 0.312 e. The minimum atomic E-state index is -0.599. The number of rotatable bonds is 6. The fourth-order valence-corrected chi connectivity index (χ4v) is 4.32. The lowest BCUT2D eigenvalue weighted by Gasteiger charge is -2.29. The van der Waals surface area contributed by atoms with E-state index in [1.54, 1.807) is 0 Å². The molecule has 0 bridgehead atoms. The number of morpholine rings is 1. The Labute approximate surface area is 152 Å². The fraction of sp³-hybridized carbons (Fsp3) is 0.647. The van der Waals surface area contributed by atoms with Gasteiger partial charge in [-0.05, 0) is 23.8 Å². The first-order valence-electron chi connectivity index (χ1n) is 8.79. The van der Waals surface area contributed by atoms with Gasteiger partial charge in [-0.1, -0.05) is 6.07 Å². The molecule has 25 heavy (non-hydrogen) atoms. The van der Waals surface area contributed by atoms with Crippen LogP contribution in [-0.4, -0.2) is 67.7 Å². The smallest absolute Gasteiger partial charge is 0.312 e. The highest BCUT2D eigenvalue weighted by Gasteiger charge is 2.30. The van der Waals surface area contributed by atoms with Gasteiger partial charge in [-0.15, -0.1) is 11.3 Å². The summed E-state index contributed by atoms with van der Waals surface area (Å²) in [5.41, 5.74) is 5.27. The predicted octanol–water partition coefficient (Wildman–Crippen LogP) is 1.03. The number of ether oxygens (including phenoxy) is 1. The summed E-state index contributed by atoms with van der Waals surface area (Å²) < 4.78 is 5.38. The van der Waals surface area contributed by atoms with E-state index >= 15 is 0 Å². The van der Waals surface area contributed by atoms with E-state index < -0.39 is 6.03 Å². The summed E-state index contributed by atoms with van der Waals surface area (Å²) in [5, 5.41) is 4.63. The molecule has 0 radical (unpaired) electrons. The van der Waals surface area contributed by atoms with Crippen molar-refractivity contribution in [1.82, 2.24) is 15.1 Å². The third-order valence-corrected chi connectivity index (χ3v) is 5.83. The molecule has 1 aromatic rings. The van der Waals surface area contributed by atoms with Crippen LogP contribution < -0.4 is 11.1 Å². The normalized spacial score (nSPS) is 22.7. The molecular weight excluding hydrogens is 340 g/mol. The molecule has 0 spiro atoms. The topological polar surface area (TPSA) is 87.9 Å². The van der Waals surface area contributed by atoms with Gasteiger partial charge in [0.1, 0.15) is 0 Å². The van der Waals surface area contributed by atoms with Crippen molar-refractivity contribution in [3.05, 3.63) is 22.4 Å². The van der Waals surface area contributed by atoms with E-state index in [1.165, 1.54) is 11.3 Å². The number of hydrogen-bond donors (Lipinski definition) is 2. The number of hydrogen-bond acceptors (Lipinski definition) is 5. The summed E-state index contributed by atoms with van der Waals surface area (Å²) >= 11 is 1.52. The Kier molecular flexibility index (Phi) is 6.28. The molecule has 2 fully saturated rings. The molecule has 2 unspecified atom stereocenters. The monoisotopic (exact) mass is 366 g/mol. The molecule has 3 N–H and O–H groups in total. The number of primary amides is 1. The van der Waals surface area contributed by atoms with Crippen LogP contribution >= 0.6 is 11.3 Å². The van der Waals surface area contributed by atoms with Crippen LogP contribution in [-0.2, 0) is 9.53 Å². The second kappa shape index (κ2) is 8.64. The number of carbonyl (C=O) groups excluding carboxylic acids is 2. The van der Waals surface area contributed by atoms with Crippen LogP contribution in [0.2, 0.25) is 0 Å². The van der Waals surface area contributed by atoms with Crippen molar-refractivity contribution in [2.75, 3.05) is 45.9 Å². The second-order valence-electron chi connectivity index (χ2n) is 6.69. The van der Waals surface area contributed by atoms with Crippen molar-refractivity contribution >= 4 is 23.3 Å². The quantitative estimate of drug-likeness (QED) is 0.787. The summed E-state index contributed by atoms with van der Waals surface area (Å²) in [4.78, 5) is 29.2. The lowest BCUT2D eigenvalue weighted by Crippen LogP contribution is -2.40. The van der Waals surface area contributed by atoms with Gasteiger partial charge in [0, 0.05) is 37.6 Å². The average molecular weight is 366 g/mol. The number of urea groups is 1. The maximum absolute atomic E-state index is 12.7. The largest absolute Gasteiger partial charge is 0.379 e. The van der Waals surface area contributed by atoms with Gasteiger partial charge in [0.05, 0.1) is 25.7 Å². The van der Waals surface area contributed by atoms with E-state index in [-0.39, 0.29) is 18.4 Å².